The van der Waals surface area contributed by atoms with Crippen molar-refractivity contribution in [2.45, 2.75) is 345 Å². The van der Waals surface area contributed by atoms with Crippen LogP contribution >= 0.6 is 0 Å². The Labute approximate surface area is 443 Å². The van der Waals surface area contributed by atoms with Crippen LogP contribution in [0.25, 0.3) is 0 Å². The zero-order chi connectivity index (χ0) is 53.4. The highest BCUT2D eigenvalue weighted by Gasteiger charge is 2.11. The summed E-state index contributed by atoms with van der Waals surface area (Å²) in [4.78, 5) is 0. The van der Waals surface area contributed by atoms with E-state index >= 15 is 0 Å². The first kappa shape index (κ1) is 76.2. The molecule has 0 aromatic rings. The predicted octanol–water partition coefficient (Wildman–Crippen LogP) is 18.7. The molecule has 70 heavy (non-hydrogen) atoms. The minimum Gasteiger partial charge on any atom is -0.850 e. The molecule has 0 bridgehead atoms. The summed E-state index contributed by atoms with van der Waals surface area (Å²) in [5.74, 6) is 0. The second-order valence-electron chi connectivity index (χ2n) is 23.2. The third-order valence-corrected chi connectivity index (χ3v) is 15.0. The van der Waals surface area contributed by atoms with E-state index in [2.05, 4.69) is 27.7 Å². The molecule has 0 aromatic heterocycles. The van der Waals surface area contributed by atoms with Crippen molar-refractivity contribution >= 4 is 0 Å². The third kappa shape index (κ3) is 65.7. The topological polar surface area (TPSA) is 92.2 Å². The largest absolute Gasteiger partial charge is 0.850 e. The Bertz CT molecular complexity index is 933. The molecule has 0 rings (SSSR count). The Morgan fingerprint density at radius 2 is 0.471 bits per heavy atom. The van der Waals surface area contributed by atoms with Gasteiger partial charge in [-0.3, -0.25) is 0 Å². The zero-order valence-electron chi connectivity index (χ0n) is 50.8. The van der Waals surface area contributed by atoms with Crippen molar-refractivity contribution in [2.75, 3.05) is 66.6 Å². The molecular weight excluding hydrogens is 863 g/mol. The molecule has 0 heterocycles. The van der Waals surface area contributed by atoms with E-state index in [0.717, 1.165) is 71.5 Å². The van der Waals surface area contributed by atoms with Crippen LogP contribution in [0.4, 0.5) is 0 Å². The molecule has 428 valence electrons. The fourth-order valence-corrected chi connectivity index (χ4v) is 9.16. The fraction of sp³-hybridized carbons (Fsp3) is 1.00. The van der Waals surface area contributed by atoms with Crippen LogP contribution in [-0.2, 0) is 0 Å². The maximum atomic E-state index is 12.1. The second kappa shape index (κ2) is 58.0. The van der Waals surface area contributed by atoms with Gasteiger partial charge in [0.05, 0.1) is 59.9 Å². The third-order valence-electron chi connectivity index (χ3n) is 15.0. The Morgan fingerprint density at radius 1 is 0.286 bits per heavy atom. The van der Waals surface area contributed by atoms with E-state index in [1.165, 1.54) is 244 Å². The van der Waals surface area contributed by atoms with E-state index in [1.54, 1.807) is 13.8 Å². The average molecular weight is 1000 g/mol. The van der Waals surface area contributed by atoms with E-state index in [-0.39, 0.29) is 16.0 Å². The maximum absolute atomic E-state index is 12.1. The molecule has 0 unspecified atom stereocenters. The normalized spacial score (nSPS) is 12.0. The van der Waals surface area contributed by atoms with Gasteiger partial charge in [0.2, 0.25) is 0 Å². The van der Waals surface area contributed by atoms with Crippen molar-refractivity contribution in [3.63, 3.8) is 0 Å². The number of nitrogens with zero attached hydrogens (tertiary/aromatic N) is 3. The zero-order valence-corrected chi connectivity index (χ0v) is 50.8. The van der Waals surface area contributed by atoms with E-state index in [9.17, 15) is 20.6 Å². The van der Waals surface area contributed by atoms with Crippen LogP contribution in [-0.4, -0.2) is 86.0 Å². The van der Waals surface area contributed by atoms with Gasteiger partial charge in [0.25, 0.3) is 0 Å². The first-order chi connectivity index (χ1) is 33.5. The lowest BCUT2D eigenvalue weighted by atomic mass is 9.99. The molecule has 0 atom stereocenters. The van der Waals surface area contributed by atoms with E-state index in [0.29, 0.717) is 4.48 Å². The molecule has 0 radical (unpaired) electrons. The predicted molar refractivity (Wildman–Crippen MR) is 312 cm³/mol. The highest BCUT2D eigenvalue weighted by atomic mass is 16.5. The van der Waals surface area contributed by atoms with Gasteiger partial charge >= 0.3 is 0 Å². The van der Waals surface area contributed by atoms with Gasteiger partial charge in [-0.25, -0.2) is 0 Å². The summed E-state index contributed by atoms with van der Waals surface area (Å²) in [7, 11) is 4.06. The van der Waals surface area contributed by atoms with Crippen LogP contribution < -0.4 is 10.2 Å². The molecule has 0 spiro atoms. The summed E-state index contributed by atoms with van der Waals surface area (Å²) >= 11 is 0. The van der Waals surface area contributed by atoms with Crippen LogP contribution in [0.2, 0.25) is 0 Å². The van der Waals surface area contributed by atoms with Crippen molar-refractivity contribution in [2.24, 2.45) is 0 Å². The average Bonchev–Trinajstić information content (AvgIpc) is 3.35. The van der Waals surface area contributed by atoms with Crippen LogP contribution in [0, 0.1) is 10.4 Å². The Morgan fingerprint density at radius 3 is 0.657 bits per heavy atom. The number of hydroxylamine groups is 6. The first-order valence-electron chi connectivity index (χ1n) is 31.8. The SMILES string of the molecule is CCCCCCCCCCCC(C)(C)[O-].CCCCCCCCCCCCCC[N+]([O-])(CC)CC.CCCCCCCCCCCC[N+](C)(C)C[O-].CCCCCCCCCCCC[N+]([O-])(CC)CC. The Kier molecular flexibility index (Phi) is 63.2. The van der Waals surface area contributed by atoms with Crippen molar-refractivity contribution in [3.8, 4) is 0 Å². The highest BCUT2D eigenvalue weighted by molar-refractivity contribution is 4.62. The minimum absolute atomic E-state index is 0.0109. The monoisotopic (exact) mass is 999 g/mol. The first-order valence-corrected chi connectivity index (χ1v) is 31.8. The summed E-state index contributed by atoms with van der Waals surface area (Å²) in [6.07, 6.45) is 56.2. The summed E-state index contributed by atoms with van der Waals surface area (Å²) < 4.78 is 0.659. The second-order valence-corrected chi connectivity index (χ2v) is 23.2. The van der Waals surface area contributed by atoms with E-state index < -0.39 is 5.60 Å². The molecule has 7 nitrogen and oxygen atoms in total. The lowest BCUT2D eigenvalue weighted by Gasteiger charge is -2.41. The standard InChI is InChI=1S/C18H39NO.C16H35NO.C15H33NO.C14H29O/c1-4-7-8-9-10-11-12-13-14-15-16-17-18-19(20,5-2)6-3;1-4-7-8-9-10-11-12-13-14-15-16-17(18,5-2)6-3;1-4-5-6-7-8-9-10-11-12-13-14-16(2,3)15-17;1-4-5-6-7-8-9-10-11-12-13-14(2,3)15/h4-18H2,1-3H3;4-16H2,1-3H3;4-15H2,1-3H3;4-13H2,1-3H3/q;;;-1. The van der Waals surface area contributed by atoms with Crippen molar-refractivity contribution in [1.29, 1.82) is 0 Å². The van der Waals surface area contributed by atoms with Crippen molar-refractivity contribution < 1.29 is 24.0 Å². The van der Waals surface area contributed by atoms with E-state index in [4.69, 9.17) is 0 Å². The molecular formula is C63H136N3O4-. The van der Waals surface area contributed by atoms with Crippen LogP contribution in [0.1, 0.15) is 339 Å². The molecule has 0 saturated carbocycles. The van der Waals surface area contributed by atoms with Crippen molar-refractivity contribution in [3.05, 3.63) is 10.4 Å². The minimum atomic E-state index is -0.707. The smallest absolute Gasteiger partial charge is 0.0783 e. The molecule has 0 aliphatic heterocycles. The van der Waals surface area contributed by atoms with Gasteiger partial charge in [0.15, 0.2) is 0 Å². The van der Waals surface area contributed by atoms with E-state index in [1.807, 2.05) is 41.8 Å². The van der Waals surface area contributed by atoms with Gasteiger partial charge in [-0.15, -0.1) is 5.60 Å². The fourth-order valence-electron chi connectivity index (χ4n) is 9.16. The lowest BCUT2D eigenvalue weighted by molar-refractivity contribution is -0.951. The molecule has 0 amide bonds. The number of unbranched alkanes of at least 4 members (excludes halogenated alkanes) is 37. The van der Waals surface area contributed by atoms with Crippen molar-refractivity contribution in [1.82, 2.24) is 0 Å². The number of rotatable bonds is 50. The molecule has 0 aliphatic rings. The van der Waals surface area contributed by atoms with Gasteiger partial charge in [-0.05, 0) is 66.2 Å². The summed E-state index contributed by atoms with van der Waals surface area (Å²) in [6, 6.07) is 0. The molecule has 0 N–H and O–H groups in total. The summed E-state index contributed by atoms with van der Waals surface area (Å²) in [6.45, 7) is 26.3. The quantitative estimate of drug-likeness (QED) is 0.0263. The van der Waals surface area contributed by atoms with Crippen LogP contribution in [0.15, 0.2) is 0 Å². The number of hydrogen-bond acceptors (Lipinski definition) is 4. The van der Waals surface area contributed by atoms with Crippen LogP contribution in [0.5, 0.6) is 0 Å². The maximum Gasteiger partial charge on any atom is 0.0783 e. The van der Waals surface area contributed by atoms with Gasteiger partial charge < -0.3 is 34.4 Å². The Hall–Kier alpha value is -0.280. The number of hydrogen-bond donors (Lipinski definition) is 0. The Balaban J connectivity index is -0.000000417. The van der Waals surface area contributed by atoms with Gasteiger partial charge in [0.1, 0.15) is 0 Å². The molecule has 0 saturated heterocycles. The molecule has 0 fully saturated rings. The summed E-state index contributed by atoms with van der Waals surface area (Å²) in [5, 5.41) is 46.2. The lowest BCUT2D eigenvalue weighted by Crippen LogP contribution is -2.46. The molecule has 0 aliphatic carbocycles. The molecule has 7 heteroatoms. The van der Waals surface area contributed by atoms with Gasteiger partial charge in [-0.2, -0.15) is 0 Å². The number of quaternary nitrogens is 3. The van der Waals surface area contributed by atoms with Gasteiger partial charge in [0, 0.05) is 6.73 Å². The molecule has 0 aromatic carbocycles. The summed E-state index contributed by atoms with van der Waals surface area (Å²) in [5.41, 5.74) is -0.707. The van der Waals surface area contributed by atoms with Gasteiger partial charge in [-0.1, -0.05) is 273 Å². The van der Waals surface area contributed by atoms with Crippen LogP contribution in [0.3, 0.4) is 0 Å². The highest BCUT2D eigenvalue weighted by Crippen LogP contribution is 2.17.